The van der Waals surface area contributed by atoms with Crippen LogP contribution in [0.25, 0.3) is 10.4 Å². The molecule has 8 heteroatoms. The topological polar surface area (TPSA) is 85.3 Å². The highest BCUT2D eigenvalue weighted by Gasteiger charge is 2.31. The maximum atomic E-state index is 13.4. The van der Waals surface area contributed by atoms with Gasteiger partial charge in [0.15, 0.2) is 0 Å². The van der Waals surface area contributed by atoms with E-state index in [0.29, 0.717) is 17.3 Å². The first-order chi connectivity index (χ1) is 13.8. The molecule has 150 valence electrons. The standard InChI is InChI=1S/C21H18Cl2N2O3S/c1-12(11-24)25(20(26)15-8-7-14(22)9-16(15)23)17-10-18(29-19(17)21(27)28)13-5-3-2-4-6-13/h2-10,12H,11,24H2,1H3,(H,27,28)/p+1. The van der Waals surface area contributed by atoms with E-state index in [4.69, 9.17) is 23.2 Å². The minimum atomic E-state index is -1.09. The number of rotatable bonds is 6. The summed E-state index contributed by atoms with van der Waals surface area (Å²) in [5, 5.41) is 10.4. The van der Waals surface area contributed by atoms with Crippen LogP contribution in [-0.4, -0.2) is 29.6 Å². The number of anilines is 1. The van der Waals surface area contributed by atoms with Crippen LogP contribution in [0.4, 0.5) is 5.69 Å². The molecular weight excluding hydrogens is 431 g/mol. The van der Waals surface area contributed by atoms with E-state index < -0.39 is 11.9 Å². The Labute approximate surface area is 182 Å². The van der Waals surface area contributed by atoms with Crippen molar-refractivity contribution in [2.45, 2.75) is 13.0 Å². The normalized spacial score (nSPS) is 11.9. The molecule has 0 aliphatic carbocycles. The fourth-order valence-electron chi connectivity index (χ4n) is 2.93. The third kappa shape index (κ3) is 4.46. The molecule has 3 rings (SSSR count). The van der Waals surface area contributed by atoms with E-state index >= 15 is 0 Å². The molecule has 0 fully saturated rings. The van der Waals surface area contributed by atoms with Gasteiger partial charge in [-0.05, 0) is 36.8 Å². The van der Waals surface area contributed by atoms with Crippen molar-refractivity contribution >= 4 is 52.1 Å². The van der Waals surface area contributed by atoms with Gasteiger partial charge in [0, 0.05) is 9.90 Å². The van der Waals surface area contributed by atoms with Crippen molar-refractivity contribution in [2.75, 3.05) is 11.4 Å². The molecule has 0 aliphatic rings. The van der Waals surface area contributed by atoms with Crippen molar-refractivity contribution in [1.82, 2.24) is 0 Å². The summed E-state index contributed by atoms with van der Waals surface area (Å²) >= 11 is 13.3. The van der Waals surface area contributed by atoms with Gasteiger partial charge in [0.05, 0.1) is 28.9 Å². The lowest BCUT2D eigenvalue weighted by molar-refractivity contribution is -0.370. The van der Waals surface area contributed by atoms with E-state index in [9.17, 15) is 14.7 Å². The zero-order chi connectivity index (χ0) is 21.1. The zero-order valence-electron chi connectivity index (χ0n) is 15.6. The van der Waals surface area contributed by atoms with Crippen molar-refractivity contribution in [2.24, 2.45) is 0 Å². The molecule has 1 aromatic heterocycles. The van der Waals surface area contributed by atoms with Crippen molar-refractivity contribution < 1.29 is 20.4 Å². The average Bonchev–Trinajstić information content (AvgIpc) is 3.13. The van der Waals surface area contributed by atoms with Gasteiger partial charge in [-0.15, -0.1) is 11.3 Å². The number of halogens is 2. The molecule has 0 bridgehead atoms. The fraction of sp³-hybridized carbons (Fsp3) is 0.143. The lowest BCUT2D eigenvalue weighted by Crippen LogP contribution is -2.60. The second kappa shape index (κ2) is 8.97. The Kier molecular flexibility index (Phi) is 6.59. The highest BCUT2D eigenvalue weighted by molar-refractivity contribution is 7.18. The lowest BCUT2D eigenvalue weighted by Gasteiger charge is -2.27. The third-order valence-electron chi connectivity index (χ3n) is 4.46. The van der Waals surface area contributed by atoms with E-state index in [1.807, 2.05) is 37.3 Å². The van der Waals surface area contributed by atoms with Gasteiger partial charge in [0.1, 0.15) is 4.88 Å². The van der Waals surface area contributed by atoms with Crippen LogP contribution in [0.5, 0.6) is 0 Å². The fourth-order valence-corrected chi connectivity index (χ4v) is 4.41. The molecule has 0 spiro atoms. The zero-order valence-corrected chi connectivity index (χ0v) is 17.9. The van der Waals surface area contributed by atoms with Crippen LogP contribution in [0.15, 0.2) is 54.6 Å². The van der Waals surface area contributed by atoms with Gasteiger partial charge in [-0.3, -0.25) is 9.69 Å². The van der Waals surface area contributed by atoms with Gasteiger partial charge in [-0.2, -0.15) is 0 Å². The number of amides is 1. The summed E-state index contributed by atoms with van der Waals surface area (Å²) in [6.45, 7) is 2.22. The van der Waals surface area contributed by atoms with Crippen LogP contribution in [0.2, 0.25) is 10.0 Å². The Hall–Kier alpha value is -2.38. The van der Waals surface area contributed by atoms with E-state index in [0.717, 1.165) is 21.8 Å². The molecule has 1 heterocycles. The molecule has 0 radical (unpaired) electrons. The van der Waals surface area contributed by atoms with E-state index in [1.54, 1.807) is 18.2 Å². The lowest BCUT2D eigenvalue weighted by atomic mass is 10.1. The number of aromatic carboxylic acids is 1. The summed E-state index contributed by atoms with van der Waals surface area (Å²) in [4.78, 5) is 27.6. The summed E-state index contributed by atoms with van der Waals surface area (Å²) in [6, 6.07) is 15.4. The van der Waals surface area contributed by atoms with Crippen LogP contribution in [0.1, 0.15) is 27.0 Å². The molecule has 3 aromatic rings. The molecule has 29 heavy (non-hydrogen) atoms. The molecule has 0 saturated carbocycles. The Balaban J connectivity index is 2.15. The molecule has 0 saturated heterocycles. The monoisotopic (exact) mass is 449 g/mol. The van der Waals surface area contributed by atoms with Gasteiger partial charge < -0.3 is 10.8 Å². The van der Waals surface area contributed by atoms with Crippen LogP contribution in [0.3, 0.4) is 0 Å². The van der Waals surface area contributed by atoms with E-state index in [-0.39, 0.29) is 21.5 Å². The first kappa shape index (κ1) is 21.3. The maximum absolute atomic E-state index is 13.4. The summed E-state index contributed by atoms with van der Waals surface area (Å²) in [6.07, 6.45) is 0. The summed E-state index contributed by atoms with van der Waals surface area (Å²) < 4.78 is 0. The largest absolute Gasteiger partial charge is 0.477 e. The number of benzene rings is 2. The second-order valence-electron chi connectivity index (χ2n) is 6.43. The smallest absolute Gasteiger partial charge is 0.348 e. The predicted octanol–water partition coefficient (Wildman–Crippen LogP) is 4.70. The van der Waals surface area contributed by atoms with Gasteiger partial charge >= 0.3 is 5.97 Å². The van der Waals surface area contributed by atoms with Crippen LogP contribution >= 0.6 is 34.5 Å². The SMILES string of the molecule is CC(C[NH3+])N(C(=O)c1ccc(Cl)cc1Cl)c1cc(-c2ccccc2)sc1C(=O)O. The third-order valence-corrected chi connectivity index (χ3v) is 6.17. The number of quaternary nitrogens is 1. The molecular formula is C21H19Cl2N2O3S+. The predicted molar refractivity (Wildman–Crippen MR) is 117 cm³/mol. The summed E-state index contributed by atoms with van der Waals surface area (Å²) in [5.74, 6) is -1.49. The van der Waals surface area contributed by atoms with Gasteiger partial charge in [-0.25, -0.2) is 4.79 Å². The molecule has 4 N–H and O–H groups in total. The first-order valence-electron chi connectivity index (χ1n) is 8.84. The Morgan fingerprint density at radius 2 is 1.83 bits per heavy atom. The number of hydrogen-bond acceptors (Lipinski definition) is 3. The molecule has 5 nitrogen and oxygen atoms in total. The quantitative estimate of drug-likeness (QED) is 0.571. The molecule has 1 amide bonds. The number of carbonyl (C=O) groups is 2. The van der Waals surface area contributed by atoms with Crippen LogP contribution in [0, 0.1) is 0 Å². The van der Waals surface area contributed by atoms with Crippen molar-refractivity contribution in [3.8, 4) is 10.4 Å². The van der Waals surface area contributed by atoms with Gasteiger partial charge in [-0.1, -0.05) is 53.5 Å². The highest BCUT2D eigenvalue weighted by atomic mass is 35.5. The Bertz CT molecular complexity index is 1050. The Morgan fingerprint density at radius 1 is 1.14 bits per heavy atom. The Morgan fingerprint density at radius 3 is 2.41 bits per heavy atom. The van der Waals surface area contributed by atoms with Crippen LogP contribution in [-0.2, 0) is 0 Å². The van der Waals surface area contributed by atoms with Crippen LogP contribution < -0.4 is 10.6 Å². The van der Waals surface area contributed by atoms with E-state index in [1.165, 1.54) is 11.0 Å². The molecule has 1 atom stereocenters. The minimum Gasteiger partial charge on any atom is -0.477 e. The van der Waals surface area contributed by atoms with Crippen molar-refractivity contribution in [1.29, 1.82) is 0 Å². The average molecular weight is 450 g/mol. The number of carboxylic acids is 1. The number of carboxylic acid groups (broad SMARTS) is 1. The summed E-state index contributed by atoms with van der Waals surface area (Å²) in [5.41, 5.74) is 5.35. The summed E-state index contributed by atoms with van der Waals surface area (Å²) in [7, 11) is 0. The van der Waals surface area contributed by atoms with Crippen molar-refractivity contribution in [3.63, 3.8) is 0 Å². The van der Waals surface area contributed by atoms with Gasteiger partial charge in [0.2, 0.25) is 0 Å². The number of nitrogens with zero attached hydrogens (tertiary/aromatic N) is 1. The number of carbonyl (C=O) groups excluding carboxylic acids is 1. The molecule has 0 aliphatic heterocycles. The minimum absolute atomic E-state index is 0.0857. The number of thiophene rings is 1. The number of hydrogen-bond donors (Lipinski definition) is 2. The molecule has 2 aromatic carbocycles. The van der Waals surface area contributed by atoms with Crippen molar-refractivity contribution in [3.05, 3.63) is 75.1 Å². The molecule has 1 unspecified atom stereocenters. The second-order valence-corrected chi connectivity index (χ2v) is 8.33. The van der Waals surface area contributed by atoms with Gasteiger partial charge in [0.25, 0.3) is 5.91 Å². The first-order valence-corrected chi connectivity index (χ1v) is 10.4. The maximum Gasteiger partial charge on any atom is 0.348 e. The van der Waals surface area contributed by atoms with E-state index in [2.05, 4.69) is 5.73 Å². The highest BCUT2D eigenvalue weighted by Crippen LogP contribution is 2.38.